The molecule has 6 amide bonds. The molecule has 6 fully saturated rings. The van der Waals surface area contributed by atoms with Crippen molar-refractivity contribution >= 4 is 139 Å². The highest BCUT2D eigenvalue weighted by Gasteiger charge is 2.36. The van der Waals surface area contributed by atoms with Crippen LogP contribution in [0.3, 0.4) is 0 Å². The maximum atomic E-state index is 13.9. The number of piperidine rings is 3. The van der Waals surface area contributed by atoms with Crippen LogP contribution in [0.2, 0.25) is 40.2 Å². The van der Waals surface area contributed by atoms with Crippen molar-refractivity contribution in [2.75, 3.05) is 105 Å². The summed E-state index contributed by atoms with van der Waals surface area (Å²) in [6.07, 6.45) is 16.5. The summed E-state index contributed by atoms with van der Waals surface area (Å²) in [5, 5.41) is 30.0. The van der Waals surface area contributed by atoms with E-state index < -0.39 is 0 Å². The minimum Gasteiger partial charge on any atom is -0.355 e. The molecule has 7 atom stereocenters. The van der Waals surface area contributed by atoms with Gasteiger partial charge in [-0.3, -0.25) is 28.8 Å². The number of carbonyl (C=O) groups is 6. The van der Waals surface area contributed by atoms with Gasteiger partial charge in [0.1, 0.15) is 0 Å². The molecule has 0 spiro atoms. The molecule has 119 heavy (non-hydrogen) atoms. The summed E-state index contributed by atoms with van der Waals surface area (Å²) in [4.78, 5) is 93.3. The summed E-state index contributed by atoms with van der Waals surface area (Å²) in [6.45, 7) is 15.9. The fraction of sp³-hybridized carbons (Fsp3) is 0.462. The standard InChI is InChI=1S/C34H43ClN4O2.C30H34Cl3N5O3.C27H32Cl4N4O2/c1-2-25(26-9-5-3-6-10-26)24-39-20-15-31(37-32(34(39)41)16-19-38-17-7-4-8-18-38)23-36-33(40)29-12-11-28-22-30(35)14-13-27(28)21-29;31-22-6-4-21(5-7-22)28-17-27(36-41-28)29(39)34-18-25-8-13-38(19-20-14-23(32)16-24(33)15-20)30(40)26(35-25)9-12-37-10-2-1-3-11-37;28-19-4-5-23(24(31)15-19)26(36)32-16-22-6-11-35(17-18-12-20(29)14-21(30)13-18)27(37)25(33-22)7-10-34-8-2-1-3-9-34/h3,5-6,9-14,21-22,25,31-32,37H,2,4,7-8,15-20,23-24H2,1H3,(H,36,40);4-7,14-17,25-26,35H,1-3,8-13,18-19H2,(H,34,39);4-5,12-15,22,25,33H,1-3,6-11,16-17H2,(H,32,36)/t25-,31-,32-;25-,26-;22-,25-/m000/s1. The van der Waals surface area contributed by atoms with E-state index in [1.807, 2.05) is 88.7 Å². The smallest absolute Gasteiger partial charge is 0.273 e. The second-order valence-corrected chi connectivity index (χ2v) is 35.6. The first-order valence-corrected chi connectivity index (χ1v) is 45.1. The zero-order valence-corrected chi connectivity index (χ0v) is 73.6. The van der Waals surface area contributed by atoms with Crippen molar-refractivity contribution in [1.82, 2.24) is 66.5 Å². The van der Waals surface area contributed by atoms with Gasteiger partial charge in [-0.05, 0) is 253 Å². The fourth-order valence-corrected chi connectivity index (χ4v) is 18.7. The van der Waals surface area contributed by atoms with Gasteiger partial charge in [0.25, 0.3) is 17.7 Å². The van der Waals surface area contributed by atoms with E-state index in [9.17, 15) is 28.8 Å². The Kier molecular flexibility index (Phi) is 35.1. The molecule has 0 radical (unpaired) electrons. The van der Waals surface area contributed by atoms with Crippen LogP contribution in [0.5, 0.6) is 0 Å². The Labute approximate surface area is 739 Å². The van der Waals surface area contributed by atoms with Crippen LogP contribution in [0.25, 0.3) is 22.1 Å². The van der Waals surface area contributed by atoms with Gasteiger partial charge in [0, 0.05) is 155 Å². The van der Waals surface area contributed by atoms with Gasteiger partial charge >= 0.3 is 0 Å². The first kappa shape index (κ1) is 91.1. The predicted molar refractivity (Wildman–Crippen MR) is 480 cm³/mol. The number of amides is 6. The van der Waals surface area contributed by atoms with E-state index in [2.05, 4.69) is 87.8 Å². The summed E-state index contributed by atoms with van der Waals surface area (Å²) in [5.41, 5.74) is 5.04. The van der Waals surface area contributed by atoms with Crippen LogP contribution < -0.4 is 31.9 Å². The van der Waals surface area contributed by atoms with Crippen molar-refractivity contribution in [1.29, 1.82) is 0 Å². The molecule has 7 heterocycles. The lowest BCUT2D eigenvalue weighted by atomic mass is 9.95. The Balaban J connectivity index is 0.000000164. The lowest BCUT2D eigenvalue weighted by Gasteiger charge is -2.31. The van der Waals surface area contributed by atoms with Crippen LogP contribution in [0, 0.1) is 0 Å². The van der Waals surface area contributed by atoms with Crippen molar-refractivity contribution in [2.45, 2.75) is 165 Å². The van der Waals surface area contributed by atoms with Gasteiger partial charge < -0.3 is 65.8 Å². The monoisotopic (exact) mass is 1780 g/mol. The van der Waals surface area contributed by atoms with Crippen molar-refractivity contribution in [3.05, 3.63) is 225 Å². The number of hydrogen-bond donors (Lipinski definition) is 6. The Morgan fingerprint density at radius 3 is 1.35 bits per heavy atom. The minimum atomic E-state index is -0.362. The number of halogens is 8. The summed E-state index contributed by atoms with van der Waals surface area (Å²) < 4.78 is 5.39. The molecule has 0 bridgehead atoms. The lowest BCUT2D eigenvalue weighted by Crippen LogP contribution is -2.50. The molecule has 0 aliphatic carbocycles. The highest BCUT2D eigenvalue weighted by atomic mass is 35.5. The Bertz CT molecular complexity index is 4640. The third-order valence-electron chi connectivity index (χ3n) is 23.4. The van der Waals surface area contributed by atoms with Gasteiger partial charge in [0.15, 0.2) is 11.5 Å². The number of carbonyl (C=O) groups excluding carboxylic acids is 6. The second-order valence-electron chi connectivity index (χ2n) is 32.1. The molecule has 14 rings (SSSR count). The van der Waals surface area contributed by atoms with E-state index in [0.717, 1.165) is 112 Å². The first-order chi connectivity index (χ1) is 57.6. The molecule has 0 unspecified atom stereocenters. The molecule has 20 nitrogen and oxygen atoms in total. The summed E-state index contributed by atoms with van der Waals surface area (Å²) >= 11 is 49.1. The van der Waals surface area contributed by atoms with Crippen molar-refractivity contribution < 1.29 is 33.3 Å². The Hall–Kier alpha value is -7.09. The van der Waals surface area contributed by atoms with E-state index in [1.54, 1.807) is 48.5 Å². The molecule has 6 aliphatic heterocycles. The molecule has 6 saturated heterocycles. The van der Waals surface area contributed by atoms with Gasteiger partial charge in [-0.25, -0.2) is 0 Å². The largest absolute Gasteiger partial charge is 0.355 e. The first-order valence-electron chi connectivity index (χ1n) is 42.1. The van der Waals surface area contributed by atoms with Crippen molar-refractivity contribution in [3.63, 3.8) is 0 Å². The molecule has 6 aliphatic rings. The van der Waals surface area contributed by atoms with Crippen LogP contribution in [-0.4, -0.2) is 211 Å². The maximum absolute atomic E-state index is 13.9. The lowest BCUT2D eigenvalue weighted by molar-refractivity contribution is -0.134. The van der Waals surface area contributed by atoms with Gasteiger partial charge in [-0.1, -0.05) is 167 Å². The number of nitrogens with zero attached hydrogens (tertiary/aromatic N) is 7. The topological polar surface area (TPSA) is 220 Å². The average molecular weight is 1780 g/mol. The quantitative estimate of drug-likeness (QED) is 0.0282. The number of fused-ring (bicyclic) bond motifs is 1. The molecule has 0 saturated carbocycles. The Morgan fingerprint density at radius 1 is 0.437 bits per heavy atom. The van der Waals surface area contributed by atoms with Crippen LogP contribution >= 0.6 is 92.8 Å². The molecule has 8 aromatic rings. The zero-order chi connectivity index (χ0) is 83.7. The van der Waals surface area contributed by atoms with Crippen LogP contribution in [0.15, 0.2) is 156 Å². The third kappa shape index (κ3) is 27.7. The van der Waals surface area contributed by atoms with Gasteiger partial charge in [-0.2, -0.15) is 0 Å². The van der Waals surface area contributed by atoms with E-state index >= 15 is 0 Å². The van der Waals surface area contributed by atoms with Gasteiger partial charge in [0.05, 0.1) is 28.7 Å². The predicted octanol–water partition coefficient (Wildman–Crippen LogP) is 17.2. The number of rotatable bonds is 27. The van der Waals surface area contributed by atoms with Crippen LogP contribution in [0.4, 0.5) is 0 Å². The van der Waals surface area contributed by atoms with E-state index in [-0.39, 0.29) is 77.4 Å². The molecule has 1 aromatic heterocycles. The van der Waals surface area contributed by atoms with Crippen LogP contribution in [0.1, 0.15) is 163 Å². The van der Waals surface area contributed by atoms with Gasteiger partial charge in [-0.15, -0.1) is 0 Å². The maximum Gasteiger partial charge on any atom is 0.273 e. The molecule has 6 N–H and O–H groups in total. The molecule has 636 valence electrons. The van der Waals surface area contributed by atoms with Crippen LogP contribution in [-0.2, 0) is 27.5 Å². The number of nitrogens with one attached hydrogen (secondary N) is 6. The normalized spacial score (nSPS) is 20.7. The summed E-state index contributed by atoms with van der Waals surface area (Å²) in [7, 11) is 0. The summed E-state index contributed by atoms with van der Waals surface area (Å²) in [5.74, 6) is 0.394. The van der Waals surface area contributed by atoms with E-state index in [4.69, 9.17) is 97.3 Å². The third-order valence-corrected chi connectivity index (χ3v) is 25.3. The Morgan fingerprint density at radius 2 is 0.866 bits per heavy atom. The molecular formula is C91H109Cl8N13O7. The highest BCUT2D eigenvalue weighted by Crippen LogP contribution is 2.30. The van der Waals surface area contributed by atoms with E-state index in [1.165, 1.54) is 63.4 Å². The average Bonchev–Trinajstić information content (AvgIpc) is 1.10. The molecule has 7 aromatic carbocycles. The molecule has 28 heteroatoms. The van der Waals surface area contributed by atoms with Crippen molar-refractivity contribution in [2.24, 2.45) is 0 Å². The fourth-order valence-electron chi connectivity index (χ4n) is 16.7. The van der Waals surface area contributed by atoms with Crippen molar-refractivity contribution in [3.8, 4) is 11.3 Å². The second kappa shape index (κ2) is 45.9. The number of benzene rings is 7. The number of hydrogen-bond acceptors (Lipinski definition) is 14. The minimum absolute atomic E-state index is 0.0234. The number of likely N-dealkylation sites (tertiary alicyclic amines) is 3. The number of aromatic nitrogens is 1. The zero-order valence-electron chi connectivity index (χ0n) is 67.5. The summed E-state index contributed by atoms with van der Waals surface area (Å²) in [6, 6.07) is 45.1. The van der Waals surface area contributed by atoms with E-state index in [0.29, 0.717) is 141 Å². The molecular weight excluding hydrogens is 1670 g/mol. The highest BCUT2D eigenvalue weighted by molar-refractivity contribution is 6.37. The van der Waals surface area contributed by atoms with Gasteiger partial charge in [0.2, 0.25) is 17.7 Å². The SMILES string of the molecule is CC[C@@H](CN1CC[C@@H](CNC(=O)c2ccc3cc(Cl)ccc3c2)N[C@@H](CCN2CCCCC2)C1=O)c1ccccc1.O=C(NC[C@@H]1CCN(Cc2cc(Cl)cc(Cl)c2)C(=O)[C@H](CCN2CCCCC2)N1)c1cc(-c2ccc(Cl)cc2)on1.O=C(NC[C@@H]1CCN(Cc2cc(Cl)cc(Cl)c2)C(=O)[C@H](CCN2CCCCC2)N1)c1ccc(Cl)cc1Cl.